The number of nitrogens with two attached hydrogens (primary N) is 1. The molecule has 1 aliphatic rings. The first-order valence-electron chi connectivity index (χ1n) is 5.63. The van der Waals surface area contributed by atoms with Crippen molar-refractivity contribution in [2.24, 2.45) is 10.8 Å². The summed E-state index contributed by atoms with van der Waals surface area (Å²) in [7, 11) is 0. The molecule has 98 valence electrons. The van der Waals surface area contributed by atoms with E-state index in [0.29, 0.717) is 10.6 Å². The van der Waals surface area contributed by atoms with Crippen LogP contribution in [0.2, 0.25) is 0 Å². The van der Waals surface area contributed by atoms with Crippen LogP contribution in [0.3, 0.4) is 0 Å². The SMILES string of the molecule is N/C(=N\N1C(=O)c2nccnc2C1=O)c1ccncc1. The van der Waals surface area contributed by atoms with Gasteiger partial charge in [0.05, 0.1) is 0 Å². The Morgan fingerprint density at radius 3 is 2.10 bits per heavy atom. The molecule has 0 saturated heterocycles. The van der Waals surface area contributed by atoms with Crippen molar-refractivity contribution in [3.8, 4) is 0 Å². The molecule has 1 aliphatic heterocycles. The number of hydrazone groups is 1. The lowest BCUT2D eigenvalue weighted by molar-refractivity contribution is 0.0655. The van der Waals surface area contributed by atoms with Crippen LogP contribution in [0.1, 0.15) is 26.5 Å². The zero-order chi connectivity index (χ0) is 14.1. The molecule has 2 aromatic rings. The zero-order valence-electron chi connectivity index (χ0n) is 10.1. The smallest absolute Gasteiger partial charge is 0.302 e. The largest absolute Gasteiger partial charge is 0.382 e. The Kier molecular flexibility index (Phi) is 2.68. The van der Waals surface area contributed by atoms with Crippen LogP contribution in [0, 0.1) is 0 Å². The van der Waals surface area contributed by atoms with Crippen LogP contribution < -0.4 is 5.73 Å². The van der Waals surface area contributed by atoms with Gasteiger partial charge in [-0.15, -0.1) is 5.10 Å². The van der Waals surface area contributed by atoms with Crippen molar-refractivity contribution in [2.45, 2.75) is 0 Å². The molecule has 0 atom stereocenters. The molecular weight excluding hydrogens is 260 g/mol. The van der Waals surface area contributed by atoms with Gasteiger partial charge in [0, 0.05) is 30.4 Å². The van der Waals surface area contributed by atoms with Gasteiger partial charge >= 0.3 is 11.8 Å². The Morgan fingerprint density at radius 2 is 1.55 bits per heavy atom. The molecular formula is C12H8N6O2. The highest BCUT2D eigenvalue weighted by Crippen LogP contribution is 2.18. The van der Waals surface area contributed by atoms with Crippen LogP contribution in [0.15, 0.2) is 42.0 Å². The average molecular weight is 268 g/mol. The molecule has 2 amide bonds. The third kappa shape index (κ3) is 1.79. The summed E-state index contributed by atoms with van der Waals surface area (Å²) in [5, 5.41) is 4.51. The van der Waals surface area contributed by atoms with E-state index in [4.69, 9.17) is 5.73 Å². The summed E-state index contributed by atoms with van der Waals surface area (Å²) in [5.74, 6) is -1.26. The molecule has 20 heavy (non-hydrogen) atoms. The lowest BCUT2D eigenvalue weighted by Crippen LogP contribution is -2.28. The molecule has 0 aromatic carbocycles. The quantitative estimate of drug-likeness (QED) is 0.458. The van der Waals surface area contributed by atoms with Crippen LogP contribution in [0.4, 0.5) is 0 Å². The minimum Gasteiger partial charge on any atom is -0.382 e. The number of carbonyl (C=O) groups is 2. The van der Waals surface area contributed by atoms with Crippen molar-refractivity contribution in [1.29, 1.82) is 0 Å². The Hall–Kier alpha value is -3.16. The van der Waals surface area contributed by atoms with Crippen LogP contribution in [0.25, 0.3) is 0 Å². The van der Waals surface area contributed by atoms with Crippen LogP contribution in [0.5, 0.6) is 0 Å². The summed E-state index contributed by atoms with van der Waals surface area (Å²) < 4.78 is 0. The highest BCUT2D eigenvalue weighted by Gasteiger charge is 2.38. The van der Waals surface area contributed by atoms with Crippen molar-refractivity contribution in [3.05, 3.63) is 53.9 Å². The van der Waals surface area contributed by atoms with Gasteiger partial charge in [-0.2, -0.15) is 5.01 Å². The normalized spacial score (nSPS) is 14.6. The summed E-state index contributed by atoms with van der Waals surface area (Å²) in [6.07, 6.45) is 5.74. The summed E-state index contributed by atoms with van der Waals surface area (Å²) in [6, 6.07) is 3.24. The molecule has 3 rings (SSSR count). The fourth-order valence-electron chi connectivity index (χ4n) is 1.72. The highest BCUT2D eigenvalue weighted by atomic mass is 16.2. The van der Waals surface area contributed by atoms with Crippen LogP contribution in [-0.4, -0.2) is 37.6 Å². The third-order valence-corrected chi connectivity index (χ3v) is 2.67. The van der Waals surface area contributed by atoms with Gasteiger partial charge < -0.3 is 5.73 Å². The van der Waals surface area contributed by atoms with E-state index in [1.54, 1.807) is 12.1 Å². The molecule has 8 heteroatoms. The number of nitrogens with zero attached hydrogens (tertiary/aromatic N) is 5. The maximum atomic E-state index is 12.0. The van der Waals surface area contributed by atoms with Gasteiger partial charge in [-0.3, -0.25) is 14.6 Å². The number of imide groups is 1. The van der Waals surface area contributed by atoms with Gasteiger partial charge in [0.15, 0.2) is 17.2 Å². The first kappa shape index (κ1) is 11.9. The second-order valence-electron chi connectivity index (χ2n) is 3.90. The summed E-state index contributed by atoms with van der Waals surface area (Å²) in [5.41, 5.74) is 6.27. The topological polar surface area (TPSA) is 114 Å². The Morgan fingerprint density at radius 1 is 1.00 bits per heavy atom. The van der Waals surface area contributed by atoms with Gasteiger partial charge in [-0.1, -0.05) is 0 Å². The lowest BCUT2D eigenvalue weighted by Gasteiger charge is -2.07. The van der Waals surface area contributed by atoms with E-state index in [-0.39, 0.29) is 17.2 Å². The number of carbonyl (C=O) groups excluding carboxylic acids is 2. The van der Waals surface area contributed by atoms with Crippen molar-refractivity contribution in [2.75, 3.05) is 0 Å². The number of pyridine rings is 1. The summed E-state index contributed by atoms with van der Waals surface area (Å²) >= 11 is 0. The van der Waals surface area contributed by atoms with E-state index < -0.39 is 11.8 Å². The van der Waals surface area contributed by atoms with Crippen molar-refractivity contribution in [1.82, 2.24) is 20.0 Å². The number of aromatic nitrogens is 3. The average Bonchev–Trinajstić information content (AvgIpc) is 2.74. The second kappa shape index (κ2) is 4.50. The maximum absolute atomic E-state index is 12.0. The minimum atomic E-state index is -0.643. The Balaban J connectivity index is 1.98. The van der Waals surface area contributed by atoms with Gasteiger partial charge in [-0.25, -0.2) is 9.97 Å². The van der Waals surface area contributed by atoms with E-state index >= 15 is 0 Å². The predicted molar refractivity (Wildman–Crippen MR) is 67.5 cm³/mol. The molecule has 0 spiro atoms. The van der Waals surface area contributed by atoms with Gasteiger partial charge in [0.25, 0.3) is 0 Å². The van der Waals surface area contributed by atoms with Crippen LogP contribution >= 0.6 is 0 Å². The van der Waals surface area contributed by atoms with Gasteiger partial charge in [0.2, 0.25) is 0 Å². The number of rotatable bonds is 2. The molecule has 0 aliphatic carbocycles. The number of amidine groups is 1. The number of amides is 2. The molecule has 2 aromatic heterocycles. The fraction of sp³-hybridized carbons (Fsp3) is 0. The van der Waals surface area contributed by atoms with Crippen LogP contribution in [-0.2, 0) is 0 Å². The molecule has 0 bridgehead atoms. The third-order valence-electron chi connectivity index (χ3n) is 2.67. The molecule has 0 saturated carbocycles. The predicted octanol–water partition coefficient (Wildman–Crippen LogP) is -0.212. The van der Waals surface area contributed by atoms with E-state index in [1.165, 1.54) is 24.8 Å². The number of hydrogen-bond acceptors (Lipinski definition) is 6. The summed E-state index contributed by atoms with van der Waals surface area (Å²) in [6.45, 7) is 0. The molecule has 3 heterocycles. The second-order valence-corrected chi connectivity index (χ2v) is 3.90. The molecule has 8 nitrogen and oxygen atoms in total. The first-order valence-corrected chi connectivity index (χ1v) is 5.63. The van der Waals surface area contributed by atoms with E-state index in [0.717, 1.165) is 0 Å². The maximum Gasteiger partial charge on any atom is 0.302 e. The van der Waals surface area contributed by atoms with E-state index in [1.807, 2.05) is 0 Å². The van der Waals surface area contributed by atoms with Crippen molar-refractivity contribution >= 4 is 17.6 Å². The van der Waals surface area contributed by atoms with Gasteiger partial charge in [0.1, 0.15) is 0 Å². The molecule has 0 radical (unpaired) electrons. The number of hydrogen-bond donors (Lipinski definition) is 1. The Bertz CT molecular complexity index is 693. The van der Waals surface area contributed by atoms with E-state index in [9.17, 15) is 9.59 Å². The standard InChI is InChI=1S/C12H8N6O2/c13-10(7-1-3-14-4-2-7)17-18-11(19)8-9(12(18)20)16-6-5-15-8/h1-6H,(H2,13,17). The molecule has 0 unspecified atom stereocenters. The van der Waals surface area contributed by atoms with Crippen molar-refractivity contribution < 1.29 is 9.59 Å². The minimum absolute atomic E-state index is 0.0243. The summed E-state index contributed by atoms with van der Waals surface area (Å²) in [4.78, 5) is 35.5. The lowest BCUT2D eigenvalue weighted by atomic mass is 10.2. The molecule has 0 fully saturated rings. The zero-order valence-corrected chi connectivity index (χ0v) is 10.1. The highest BCUT2D eigenvalue weighted by molar-refractivity contribution is 6.19. The van der Waals surface area contributed by atoms with Gasteiger partial charge in [-0.05, 0) is 12.1 Å². The fourth-order valence-corrected chi connectivity index (χ4v) is 1.72. The molecule has 2 N–H and O–H groups in total. The number of fused-ring (bicyclic) bond motifs is 1. The first-order chi connectivity index (χ1) is 9.68. The monoisotopic (exact) mass is 268 g/mol. The Labute approximate surface area is 113 Å². The van der Waals surface area contributed by atoms with Crippen molar-refractivity contribution in [3.63, 3.8) is 0 Å². The van der Waals surface area contributed by atoms with E-state index in [2.05, 4.69) is 20.1 Å².